The second kappa shape index (κ2) is 10.8. The van der Waals surface area contributed by atoms with E-state index in [9.17, 15) is 0 Å². The van der Waals surface area contributed by atoms with Crippen molar-refractivity contribution in [1.82, 2.24) is 15.3 Å². The maximum atomic E-state index is 4.48. The molecule has 1 aromatic heterocycles. The number of nitrogens with zero attached hydrogens (tertiary/aromatic N) is 1. The molecule has 0 amide bonds. The first-order valence-corrected chi connectivity index (χ1v) is 10.2. The molecule has 0 aliphatic rings. The van der Waals surface area contributed by atoms with Gasteiger partial charge in [0.1, 0.15) is 5.82 Å². The van der Waals surface area contributed by atoms with E-state index in [1.54, 1.807) is 11.8 Å². The molecule has 3 aromatic rings. The van der Waals surface area contributed by atoms with Gasteiger partial charge >= 0.3 is 0 Å². The van der Waals surface area contributed by atoms with Crippen LogP contribution in [-0.4, -0.2) is 16.5 Å². The van der Waals surface area contributed by atoms with Crippen LogP contribution in [-0.2, 0) is 6.54 Å². The van der Waals surface area contributed by atoms with Crippen LogP contribution < -0.4 is 5.32 Å². The van der Waals surface area contributed by atoms with Crippen molar-refractivity contribution in [3.8, 4) is 11.3 Å². The van der Waals surface area contributed by atoms with Crippen LogP contribution in [0, 0.1) is 6.92 Å². The molecule has 3 rings (SSSR count). The Morgan fingerprint density at radius 3 is 2.58 bits per heavy atom. The Labute approximate surface area is 161 Å². The number of benzene rings is 2. The lowest BCUT2D eigenvalue weighted by Crippen LogP contribution is -2.14. The largest absolute Gasteiger partial charge is 0.341 e. The average molecular weight is 368 g/mol. The molecule has 0 spiro atoms. The summed E-state index contributed by atoms with van der Waals surface area (Å²) in [7, 11) is 0. The Bertz CT molecular complexity index is 781. The van der Waals surface area contributed by atoms with Gasteiger partial charge in [-0.05, 0) is 43.7 Å². The molecule has 138 valence electrons. The van der Waals surface area contributed by atoms with Gasteiger partial charge in [-0.1, -0.05) is 62.9 Å². The minimum absolute atomic E-state index is 0.783. The SMILES string of the molecule is CC.CCCNCc1ncc(-c2ccc(C)c(Sc3ccccc3)c2)[nH]1. The summed E-state index contributed by atoms with van der Waals surface area (Å²) in [5, 5.41) is 3.37. The topological polar surface area (TPSA) is 40.7 Å². The van der Waals surface area contributed by atoms with Gasteiger partial charge in [-0.2, -0.15) is 0 Å². The van der Waals surface area contributed by atoms with Crippen molar-refractivity contribution in [2.24, 2.45) is 0 Å². The smallest absolute Gasteiger partial charge is 0.120 e. The fraction of sp³-hybridized carbons (Fsp3) is 0.318. The number of aryl methyl sites for hydroxylation is 1. The Hall–Kier alpha value is -2.04. The van der Waals surface area contributed by atoms with Crippen LogP contribution >= 0.6 is 11.8 Å². The first kappa shape index (κ1) is 20.3. The van der Waals surface area contributed by atoms with Crippen LogP contribution in [0.4, 0.5) is 0 Å². The second-order valence-corrected chi connectivity index (χ2v) is 6.93. The summed E-state index contributed by atoms with van der Waals surface area (Å²) in [6, 6.07) is 17.1. The number of rotatable bonds is 7. The molecule has 0 aliphatic heterocycles. The monoisotopic (exact) mass is 367 g/mol. The van der Waals surface area contributed by atoms with E-state index in [4.69, 9.17) is 0 Å². The predicted octanol–water partition coefficient (Wildman–Crippen LogP) is 6.06. The minimum atomic E-state index is 0.783. The molecule has 4 heteroatoms. The third-order valence-corrected chi connectivity index (χ3v) is 4.99. The maximum Gasteiger partial charge on any atom is 0.120 e. The predicted molar refractivity (Wildman–Crippen MR) is 113 cm³/mol. The zero-order valence-electron chi connectivity index (χ0n) is 16.2. The van der Waals surface area contributed by atoms with Crippen LogP contribution in [0.1, 0.15) is 38.6 Å². The standard InChI is InChI=1S/C20H23N3S.C2H6/c1-3-11-21-14-20-22-13-18(23-20)16-10-9-15(2)19(12-16)24-17-7-5-4-6-8-17;1-2/h4-10,12-13,21H,3,11,14H2,1-2H3,(H,22,23);1-2H3. The van der Waals surface area contributed by atoms with Crippen molar-refractivity contribution < 1.29 is 0 Å². The third-order valence-electron chi connectivity index (χ3n) is 3.82. The van der Waals surface area contributed by atoms with E-state index in [0.717, 1.165) is 31.0 Å². The number of aromatic amines is 1. The Morgan fingerprint density at radius 1 is 1.08 bits per heavy atom. The first-order valence-electron chi connectivity index (χ1n) is 9.35. The number of hydrogen-bond acceptors (Lipinski definition) is 3. The van der Waals surface area contributed by atoms with Crippen LogP contribution in [0.5, 0.6) is 0 Å². The summed E-state index contributed by atoms with van der Waals surface area (Å²) >= 11 is 1.80. The molecule has 3 nitrogen and oxygen atoms in total. The summed E-state index contributed by atoms with van der Waals surface area (Å²) in [6.07, 6.45) is 3.05. The van der Waals surface area contributed by atoms with Gasteiger partial charge in [0.15, 0.2) is 0 Å². The number of aromatic nitrogens is 2. The quantitative estimate of drug-likeness (QED) is 0.499. The van der Waals surface area contributed by atoms with E-state index in [1.807, 2.05) is 26.1 Å². The lowest BCUT2D eigenvalue weighted by molar-refractivity contribution is 0.655. The molecule has 2 aromatic carbocycles. The summed E-state index contributed by atoms with van der Waals surface area (Å²) < 4.78 is 0. The van der Waals surface area contributed by atoms with Crippen molar-refractivity contribution in [3.05, 3.63) is 66.1 Å². The molecule has 0 bridgehead atoms. The zero-order valence-corrected chi connectivity index (χ0v) is 17.0. The molecule has 0 aliphatic carbocycles. The van der Waals surface area contributed by atoms with Crippen LogP contribution in [0.15, 0.2) is 64.5 Å². The van der Waals surface area contributed by atoms with E-state index in [0.29, 0.717) is 0 Å². The number of imidazole rings is 1. The molecule has 26 heavy (non-hydrogen) atoms. The van der Waals surface area contributed by atoms with E-state index in [-0.39, 0.29) is 0 Å². The molecule has 0 unspecified atom stereocenters. The average Bonchev–Trinajstić information content (AvgIpc) is 3.15. The van der Waals surface area contributed by atoms with Crippen LogP contribution in [0.2, 0.25) is 0 Å². The van der Waals surface area contributed by atoms with Crippen molar-refractivity contribution in [1.29, 1.82) is 0 Å². The summed E-state index contributed by atoms with van der Waals surface area (Å²) in [5.41, 5.74) is 3.53. The van der Waals surface area contributed by atoms with E-state index < -0.39 is 0 Å². The molecule has 2 N–H and O–H groups in total. The molecular formula is C22H29N3S. The molecular weight excluding hydrogens is 338 g/mol. The summed E-state index contributed by atoms with van der Waals surface area (Å²) in [6.45, 7) is 10.1. The van der Waals surface area contributed by atoms with Gasteiger partial charge in [0, 0.05) is 15.4 Å². The van der Waals surface area contributed by atoms with Gasteiger partial charge in [-0.25, -0.2) is 4.98 Å². The van der Waals surface area contributed by atoms with Crippen molar-refractivity contribution >= 4 is 11.8 Å². The highest BCUT2D eigenvalue weighted by Crippen LogP contribution is 2.33. The molecule has 0 saturated carbocycles. The highest BCUT2D eigenvalue weighted by atomic mass is 32.2. The molecule has 0 atom stereocenters. The van der Waals surface area contributed by atoms with Gasteiger partial charge in [-0.15, -0.1) is 0 Å². The van der Waals surface area contributed by atoms with Gasteiger partial charge in [0.05, 0.1) is 18.4 Å². The lowest BCUT2D eigenvalue weighted by Gasteiger charge is -2.08. The lowest BCUT2D eigenvalue weighted by atomic mass is 10.1. The number of hydrogen-bond donors (Lipinski definition) is 2. The molecule has 0 radical (unpaired) electrons. The molecule has 1 heterocycles. The van der Waals surface area contributed by atoms with E-state index in [1.165, 1.54) is 20.9 Å². The molecule has 0 saturated heterocycles. The highest BCUT2D eigenvalue weighted by Gasteiger charge is 2.07. The third kappa shape index (κ3) is 5.75. The Balaban J connectivity index is 0.00000117. The fourth-order valence-electron chi connectivity index (χ4n) is 2.48. The Morgan fingerprint density at radius 2 is 1.85 bits per heavy atom. The van der Waals surface area contributed by atoms with Crippen LogP contribution in [0.25, 0.3) is 11.3 Å². The maximum absolute atomic E-state index is 4.48. The number of H-pyrrole nitrogens is 1. The van der Waals surface area contributed by atoms with Crippen molar-refractivity contribution in [2.45, 2.75) is 50.5 Å². The zero-order chi connectivity index (χ0) is 18.8. The van der Waals surface area contributed by atoms with Gasteiger partial charge in [0.25, 0.3) is 0 Å². The van der Waals surface area contributed by atoms with Crippen LogP contribution in [0.3, 0.4) is 0 Å². The normalized spacial score (nSPS) is 10.3. The number of nitrogens with one attached hydrogen (secondary N) is 2. The Kier molecular flexibility index (Phi) is 8.45. The van der Waals surface area contributed by atoms with Gasteiger partial charge in [0.2, 0.25) is 0 Å². The van der Waals surface area contributed by atoms with Crippen molar-refractivity contribution in [2.75, 3.05) is 6.54 Å². The summed E-state index contributed by atoms with van der Waals surface area (Å²) in [4.78, 5) is 10.4. The second-order valence-electron chi connectivity index (χ2n) is 5.82. The summed E-state index contributed by atoms with van der Waals surface area (Å²) in [5.74, 6) is 0.983. The van der Waals surface area contributed by atoms with E-state index in [2.05, 4.69) is 71.6 Å². The molecule has 0 fully saturated rings. The van der Waals surface area contributed by atoms with E-state index >= 15 is 0 Å². The highest BCUT2D eigenvalue weighted by molar-refractivity contribution is 7.99. The van der Waals surface area contributed by atoms with Gasteiger partial charge in [-0.3, -0.25) is 0 Å². The fourth-order valence-corrected chi connectivity index (χ4v) is 3.44. The first-order chi connectivity index (χ1) is 12.8. The van der Waals surface area contributed by atoms with Gasteiger partial charge < -0.3 is 10.3 Å². The van der Waals surface area contributed by atoms with Crippen molar-refractivity contribution in [3.63, 3.8) is 0 Å². The minimum Gasteiger partial charge on any atom is -0.341 e.